The summed E-state index contributed by atoms with van der Waals surface area (Å²) in [6.45, 7) is 1.06. The Morgan fingerprint density at radius 2 is 1.80 bits per heavy atom. The molecule has 1 aromatic carbocycles. The van der Waals surface area contributed by atoms with Gasteiger partial charge in [-0.15, -0.1) is 0 Å². The van der Waals surface area contributed by atoms with Gasteiger partial charge in [-0.05, 0) is 23.8 Å². The first-order chi connectivity index (χ1) is 9.04. The lowest BCUT2D eigenvalue weighted by atomic mass is 10.0. The van der Waals surface area contributed by atoms with Crippen LogP contribution in [0.1, 0.15) is 24.1 Å². The second-order valence-electron chi connectivity index (χ2n) is 4.14. The second kappa shape index (κ2) is 5.48. The lowest BCUT2D eigenvalue weighted by molar-refractivity contribution is -0.148. The lowest BCUT2D eigenvalue weighted by Crippen LogP contribution is -2.34. The molecule has 0 radical (unpaired) electrons. The fourth-order valence-corrected chi connectivity index (χ4v) is 1.65. The normalized spacial score (nSPS) is 12.9. The maximum atomic E-state index is 13.2. The minimum atomic E-state index is -4.81. The zero-order valence-electron chi connectivity index (χ0n) is 10.5. The van der Waals surface area contributed by atoms with E-state index in [1.807, 2.05) is 0 Å². The van der Waals surface area contributed by atoms with E-state index >= 15 is 0 Å². The molecule has 4 nitrogen and oxygen atoms in total. The molecule has 0 spiro atoms. The number of carbonyl (C=O) groups is 2. The van der Waals surface area contributed by atoms with Crippen LogP contribution in [-0.4, -0.2) is 28.9 Å². The van der Waals surface area contributed by atoms with Crippen molar-refractivity contribution in [1.82, 2.24) is 4.90 Å². The molecule has 1 N–H and O–H groups in total. The summed E-state index contributed by atoms with van der Waals surface area (Å²) in [5.74, 6) is -3.45. The first-order valence-electron chi connectivity index (χ1n) is 5.38. The maximum Gasteiger partial charge on any atom is 0.416 e. The summed E-state index contributed by atoms with van der Waals surface area (Å²) in [5, 5.41) is 9.03. The third-order valence-electron chi connectivity index (χ3n) is 2.68. The third kappa shape index (κ3) is 3.46. The van der Waals surface area contributed by atoms with E-state index in [4.69, 9.17) is 5.11 Å². The van der Waals surface area contributed by atoms with Crippen LogP contribution in [0, 0.1) is 5.82 Å². The summed E-state index contributed by atoms with van der Waals surface area (Å²) in [6.07, 6.45) is -4.81. The number of aliphatic carboxylic acids is 1. The smallest absolute Gasteiger partial charge is 0.416 e. The monoisotopic (exact) mass is 293 g/mol. The van der Waals surface area contributed by atoms with E-state index in [-0.39, 0.29) is 6.07 Å². The molecule has 0 aliphatic heterocycles. The van der Waals surface area contributed by atoms with Crippen molar-refractivity contribution < 1.29 is 32.3 Å². The minimum Gasteiger partial charge on any atom is -0.479 e. The Bertz CT molecular complexity index is 542. The van der Waals surface area contributed by atoms with E-state index in [1.54, 1.807) is 0 Å². The number of alkyl halides is 3. The maximum absolute atomic E-state index is 13.2. The number of carbonyl (C=O) groups excluding carboxylic acids is 1. The summed E-state index contributed by atoms with van der Waals surface area (Å²) in [5.41, 5.74) is -1.77. The van der Waals surface area contributed by atoms with E-state index in [1.165, 1.54) is 0 Å². The number of likely N-dealkylation sites (N-methyl/N-ethyl adjacent to an activating group) is 1. The molecule has 0 aliphatic rings. The van der Waals surface area contributed by atoms with Crippen LogP contribution in [0.25, 0.3) is 0 Å². The molecule has 0 heterocycles. The Kier molecular flexibility index (Phi) is 4.36. The van der Waals surface area contributed by atoms with Gasteiger partial charge in [0, 0.05) is 14.0 Å². The molecule has 0 saturated carbocycles. The van der Waals surface area contributed by atoms with E-state index in [0.717, 1.165) is 18.9 Å². The molecule has 1 amide bonds. The van der Waals surface area contributed by atoms with Gasteiger partial charge in [0.05, 0.1) is 5.56 Å². The van der Waals surface area contributed by atoms with Crippen molar-refractivity contribution in [3.63, 3.8) is 0 Å². The van der Waals surface area contributed by atoms with Gasteiger partial charge in [0.1, 0.15) is 5.82 Å². The number of carboxylic acid groups (broad SMARTS) is 1. The number of amides is 1. The second-order valence-corrected chi connectivity index (χ2v) is 4.14. The number of hydrogen-bond donors (Lipinski definition) is 1. The Morgan fingerprint density at radius 1 is 1.25 bits per heavy atom. The molecule has 1 rings (SSSR count). The highest BCUT2D eigenvalue weighted by Crippen LogP contribution is 2.32. The molecule has 1 aromatic rings. The van der Waals surface area contributed by atoms with Crippen LogP contribution >= 0.6 is 0 Å². The van der Waals surface area contributed by atoms with Gasteiger partial charge in [0.25, 0.3) is 0 Å². The van der Waals surface area contributed by atoms with E-state index in [2.05, 4.69) is 0 Å². The first kappa shape index (κ1) is 15.9. The fraction of sp³-hybridized carbons (Fsp3) is 0.333. The summed E-state index contributed by atoms with van der Waals surface area (Å²) in [6, 6.07) is -0.255. The van der Waals surface area contributed by atoms with Crippen molar-refractivity contribution in [2.75, 3.05) is 7.05 Å². The molecule has 110 valence electrons. The number of carboxylic acids is 1. The van der Waals surface area contributed by atoms with Crippen molar-refractivity contribution in [1.29, 1.82) is 0 Å². The Balaban J connectivity index is 3.38. The van der Waals surface area contributed by atoms with Crippen LogP contribution in [0.4, 0.5) is 17.6 Å². The SMILES string of the molecule is CC(=O)N(C)C(C(=O)O)c1cc(F)cc(C(F)(F)F)c1. The molecular formula is C12H11F4NO3. The van der Waals surface area contributed by atoms with Crippen LogP contribution in [-0.2, 0) is 15.8 Å². The van der Waals surface area contributed by atoms with Gasteiger partial charge < -0.3 is 10.0 Å². The van der Waals surface area contributed by atoms with Gasteiger partial charge in [0.2, 0.25) is 5.91 Å². The van der Waals surface area contributed by atoms with Crippen molar-refractivity contribution in [2.45, 2.75) is 19.1 Å². The van der Waals surface area contributed by atoms with E-state index in [9.17, 15) is 27.2 Å². The number of benzene rings is 1. The topological polar surface area (TPSA) is 57.6 Å². The first-order valence-corrected chi connectivity index (χ1v) is 5.38. The van der Waals surface area contributed by atoms with Crippen molar-refractivity contribution in [3.8, 4) is 0 Å². The van der Waals surface area contributed by atoms with E-state index < -0.39 is 41.0 Å². The summed E-state index contributed by atoms with van der Waals surface area (Å²) in [4.78, 5) is 23.0. The molecule has 1 atom stereocenters. The highest BCUT2D eigenvalue weighted by Gasteiger charge is 2.34. The van der Waals surface area contributed by atoms with E-state index in [0.29, 0.717) is 12.1 Å². The average molecular weight is 293 g/mol. The Morgan fingerprint density at radius 3 is 2.20 bits per heavy atom. The van der Waals surface area contributed by atoms with Crippen molar-refractivity contribution in [3.05, 3.63) is 35.1 Å². The molecule has 0 aliphatic carbocycles. The van der Waals surface area contributed by atoms with Gasteiger partial charge in [-0.3, -0.25) is 4.79 Å². The zero-order chi connectivity index (χ0) is 15.7. The zero-order valence-corrected chi connectivity index (χ0v) is 10.5. The highest BCUT2D eigenvalue weighted by molar-refractivity contribution is 5.83. The number of nitrogens with zero attached hydrogens (tertiary/aromatic N) is 1. The summed E-state index contributed by atoms with van der Waals surface area (Å²) in [7, 11) is 1.11. The van der Waals surface area contributed by atoms with Gasteiger partial charge in [-0.1, -0.05) is 0 Å². The number of hydrogen-bond acceptors (Lipinski definition) is 2. The predicted octanol–water partition coefficient (Wildman–Crippen LogP) is 2.45. The predicted molar refractivity (Wildman–Crippen MR) is 60.2 cm³/mol. The van der Waals surface area contributed by atoms with Gasteiger partial charge in [-0.25, -0.2) is 9.18 Å². The lowest BCUT2D eigenvalue weighted by Gasteiger charge is -2.24. The van der Waals surface area contributed by atoms with Gasteiger partial charge in [0.15, 0.2) is 6.04 Å². The fourth-order valence-electron chi connectivity index (χ4n) is 1.65. The largest absolute Gasteiger partial charge is 0.479 e. The number of halogens is 4. The molecule has 0 aromatic heterocycles. The molecule has 0 saturated heterocycles. The Hall–Kier alpha value is -2.12. The molecule has 8 heteroatoms. The van der Waals surface area contributed by atoms with Crippen LogP contribution in [0.2, 0.25) is 0 Å². The van der Waals surface area contributed by atoms with Crippen LogP contribution in [0.5, 0.6) is 0 Å². The molecular weight excluding hydrogens is 282 g/mol. The quantitative estimate of drug-likeness (QED) is 0.871. The standard InChI is InChI=1S/C12H11F4NO3/c1-6(18)17(2)10(11(19)20)7-3-8(12(14,15)16)5-9(13)4-7/h3-5,10H,1-2H3,(H,19,20). The number of rotatable bonds is 3. The summed E-state index contributed by atoms with van der Waals surface area (Å²) >= 11 is 0. The van der Waals surface area contributed by atoms with Crippen LogP contribution < -0.4 is 0 Å². The van der Waals surface area contributed by atoms with Gasteiger partial charge in [-0.2, -0.15) is 13.2 Å². The van der Waals surface area contributed by atoms with Crippen molar-refractivity contribution >= 4 is 11.9 Å². The molecule has 0 bridgehead atoms. The van der Waals surface area contributed by atoms with Crippen LogP contribution in [0.15, 0.2) is 18.2 Å². The van der Waals surface area contributed by atoms with Crippen LogP contribution in [0.3, 0.4) is 0 Å². The Labute approximate surface area is 111 Å². The molecule has 20 heavy (non-hydrogen) atoms. The molecule has 0 fully saturated rings. The third-order valence-corrected chi connectivity index (χ3v) is 2.68. The van der Waals surface area contributed by atoms with Crippen molar-refractivity contribution in [2.24, 2.45) is 0 Å². The highest BCUT2D eigenvalue weighted by atomic mass is 19.4. The minimum absolute atomic E-state index is 0.260. The average Bonchev–Trinajstić information content (AvgIpc) is 2.26. The summed E-state index contributed by atoms with van der Waals surface area (Å²) < 4.78 is 51.0. The van der Waals surface area contributed by atoms with Gasteiger partial charge >= 0.3 is 12.1 Å². The molecule has 1 unspecified atom stereocenters.